The van der Waals surface area contributed by atoms with Gasteiger partial charge in [0.25, 0.3) is 5.91 Å². The maximum absolute atomic E-state index is 13.2. The summed E-state index contributed by atoms with van der Waals surface area (Å²) in [6.45, 7) is 1.60. The van der Waals surface area contributed by atoms with Crippen molar-refractivity contribution in [1.29, 1.82) is 0 Å². The van der Waals surface area contributed by atoms with Gasteiger partial charge >= 0.3 is 0 Å². The number of benzene rings is 1. The molecule has 0 spiro atoms. The zero-order chi connectivity index (χ0) is 18.2. The summed E-state index contributed by atoms with van der Waals surface area (Å²) >= 11 is 0. The number of hydrogen-bond acceptors (Lipinski definition) is 4. The van der Waals surface area contributed by atoms with Gasteiger partial charge in [0.15, 0.2) is 11.5 Å². The maximum atomic E-state index is 13.2. The highest BCUT2D eigenvalue weighted by Gasteiger charge is 2.37. The molecule has 138 valence electrons. The summed E-state index contributed by atoms with van der Waals surface area (Å²) in [6, 6.07) is 9.50. The first-order valence-electron chi connectivity index (χ1n) is 9.52. The summed E-state index contributed by atoms with van der Waals surface area (Å²) in [7, 11) is 0. The second-order valence-corrected chi connectivity index (χ2v) is 7.65. The van der Waals surface area contributed by atoms with Gasteiger partial charge in [-0.1, -0.05) is 18.2 Å². The van der Waals surface area contributed by atoms with Crippen LogP contribution in [0.5, 0.6) is 11.5 Å². The largest absolute Gasteiger partial charge is 0.454 e. The number of nitrogens with zero attached hydrogens (tertiary/aromatic N) is 2. The van der Waals surface area contributed by atoms with Gasteiger partial charge in [-0.3, -0.25) is 9.78 Å². The highest BCUT2D eigenvalue weighted by Crippen LogP contribution is 2.44. The van der Waals surface area contributed by atoms with Crippen molar-refractivity contribution in [2.24, 2.45) is 17.8 Å². The number of ether oxygens (including phenoxy) is 2. The van der Waals surface area contributed by atoms with E-state index in [0.29, 0.717) is 29.9 Å². The van der Waals surface area contributed by atoms with Gasteiger partial charge < -0.3 is 14.4 Å². The van der Waals surface area contributed by atoms with E-state index in [1.807, 2.05) is 23.1 Å². The predicted octanol–water partition coefficient (Wildman–Crippen LogP) is 3.66. The first kappa shape index (κ1) is 16.4. The maximum Gasteiger partial charge on any atom is 0.254 e. The molecule has 5 heteroatoms. The lowest BCUT2D eigenvalue weighted by Crippen LogP contribution is -2.36. The molecular formula is C22H22N2O3. The number of carbonyl (C=O) groups excluding carboxylic acids is 1. The van der Waals surface area contributed by atoms with E-state index < -0.39 is 0 Å². The SMILES string of the molecule is O=C(c1ccncc1)N(Cc1ccc2c(c1)OCO2)C[C@@H]1C[C@@H]2C=C[C@H]1C2. The Bertz CT molecular complexity index is 880. The fourth-order valence-corrected chi connectivity index (χ4v) is 4.54. The van der Waals surface area contributed by atoms with Crippen LogP contribution in [0.2, 0.25) is 0 Å². The lowest BCUT2D eigenvalue weighted by Gasteiger charge is -2.29. The lowest BCUT2D eigenvalue weighted by molar-refractivity contribution is 0.0704. The molecule has 3 atom stereocenters. The summed E-state index contributed by atoms with van der Waals surface area (Å²) in [4.78, 5) is 19.2. The zero-order valence-electron chi connectivity index (χ0n) is 15.1. The Kier molecular flexibility index (Phi) is 4.07. The van der Waals surface area contributed by atoms with Gasteiger partial charge in [0.2, 0.25) is 6.79 Å². The van der Waals surface area contributed by atoms with Crippen molar-refractivity contribution in [2.45, 2.75) is 19.4 Å². The summed E-state index contributed by atoms with van der Waals surface area (Å²) in [6.07, 6.45) is 10.5. The van der Waals surface area contributed by atoms with Crippen LogP contribution in [0.1, 0.15) is 28.8 Å². The molecule has 1 aromatic carbocycles. The zero-order valence-corrected chi connectivity index (χ0v) is 15.1. The van der Waals surface area contributed by atoms with Crippen LogP contribution in [0.15, 0.2) is 54.9 Å². The Hall–Kier alpha value is -2.82. The summed E-state index contributed by atoms with van der Waals surface area (Å²) in [5.74, 6) is 3.43. The number of aromatic nitrogens is 1. The number of fused-ring (bicyclic) bond motifs is 3. The van der Waals surface area contributed by atoms with E-state index in [9.17, 15) is 4.79 Å². The molecule has 1 aliphatic heterocycles. The van der Waals surface area contributed by atoms with Gasteiger partial charge in [0, 0.05) is 31.0 Å². The second-order valence-electron chi connectivity index (χ2n) is 7.65. The molecule has 5 nitrogen and oxygen atoms in total. The minimum absolute atomic E-state index is 0.0572. The number of allylic oxidation sites excluding steroid dienone is 2. The van der Waals surface area contributed by atoms with E-state index in [1.54, 1.807) is 24.5 Å². The van der Waals surface area contributed by atoms with Crippen LogP contribution in [0.4, 0.5) is 0 Å². The molecule has 27 heavy (non-hydrogen) atoms. The average molecular weight is 362 g/mol. The van der Waals surface area contributed by atoms with Crippen molar-refractivity contribution in [3.05, 3.63) is 66.0 Å². The number of pyridine rings is 1. The molecule has 0 radical (unpaired) electrons. The Morgan fingerprint density at radius 3 is 2.70 bits per heavy atom. The van der Waals surface area contributed by atoms with Crippen molar-refractivity contribution >= 4 is 5.91 Å². The fraction of sp³-hybridized carbons (Fsp3) is 0.364. The van der Waals surface area contributed by atoms with Crippen LogP contribution in [-0.2, 0) is 6.54 Å². The highest BCUT2D eigenvalue weighted by molar-refractivity contribution is 5.94. The molecular weight excluding hydrogens is 340 g/mol. The van der Waals surface area contributed by atoms with Gasteiger partial charge in [0.05, 0.1) is 0 Å². The Morgan fingerprint density at radius 1 is 1.07 bits per heavy atom. The van der Waals surface area contributed by atoms with Crippen LogP contribution in [0.25, 0.3) is 0 Å². The van der Waals surface area contributed by atoms with Gasteiger partial charge in [-0.2, -0.15) is 0 Å². The molecule has 0 saturated heterocycles. The third-order valence-electron chi connectivity index (χ3n) is 5.90. The van der Waals surface area contributed by atoms with Crippen molar-refractivity contribution in [3.8, 4) is 11.5 Å². The summed E-state index contributed by atoms with van der Waals surface area (Å²) < 4.78 is 10.9. The lowest BCUT2D eigenvalue weighted by atomic mass is 9.92. The molecule has 0 unspecified atom stereocenters. The first-order valence-corrected chi connectivity index (χ1v) is 9.52. The monoisotopic (exact) mass is 362 g/mol. The molecule has 5 rings (SSSR count). The van der Waals surface area contributed by atoms with Crippen LogP contribution in [-0.4, -0.2) is 29.1 Å². The van der Waals surface area contributed by atoms with E-state index >= 15 is 0 Å². The Balaban J connectivity index is 1.39. The van der Waals surface area contributed by atoms with E-state index in [-0.39, 0.29) is 12.7 Å². The molecule has 1 saturated carbocycles. The molecule has 1 fully saturated rings. The molecule has 1 aromatic heterocycles. The smallest absolute Gasteiger partial charge is 0.254 e. The molecule has 2 heterocycles. The normalized spacial score (nSPS) is 24.4. The highest BCUT2D eigenvalue weighted by atomic mass is 16.7. The molecule has 2 aromatic rings. The minimum atomic E-state index is 0.0572. The van der Waals surface area contributed by atoms with Crippen LogP contribution < -0.4 is 9.47 Å². The van der Waals surface area contributed by atoms with Gasteiger partial charge in [-0.15, -0.1) is 0 Å². The van der Waals surface area contributed by atoms with Crippen molar-refractivity contribution in [3.63, 3.8) is 0 Å². The number of rotatable bonds is 5. The number of amides is 1. The van der Waals surface area contributed by atoms with Crippen LogP contribution >= 0.6 is 0 Å². The second kappa shape index (κ2) is 6.72. The van der Waals surface area contributed by atoms with Gasteiger partial charge in [0.1, 0.15) is 0 Å². The van der Waals surface area contributed by atoms with Crippen molar-refractivity contribution in [1.82, 2.24) is 9.88 Å². The third-order valence-corrected chi connectivity index (χ3v) is 5.90. The van der Waals surface area contributed by atoms with E-state index in [0.717, 1.165) is 23.6 Å². The molecule has 0 N–H and O–H groups in total. The standard InChI is InChI=1S/C22H22N2O3/c25-22(17-5-7-23-8-6-17)24(13-19-10-15-1-3-18(19)9-15)12-16-2-4-20-21(11-16)27-14-26-20/h1-8,11,15,18-19H,9-10,12-14H2/t15-,18+,19+/m1/s1. The van der Waals surface area contributed by atoms with Crippen molar-refractivity contribution < 1.29 is 14.3 Å². The summed E-state index contributed by atoms with van der Waals surface area (Å²) in [5, 5.41) is 0. The molecule has 2 aliphatic carbocycles. The third kappa shape index (κ3) is 3.18. The van der Waals surface area contributed by atoms with E-state index in [4.69, 9.17) is 9.47 Å². The Labute approximate surface area is 158 Å². The first-order chi connectivity index (χ1) is 13.3. The number of carbonyl (C=O) groups is 1. The van der Waals surface area contributed by atoms with Crippen LogP contribution in [0.3, 0.4) is 0 Å². The molecule has 2 bridgehead atoms. The summed E-state index contributed by atoms with van der Waals surface area (Å²) in [5.41, 5.74) is 1.74. The quantitative estimate of drug-likeness (QED) is 0.762. The topological polar surface area (TPSA) is 51.7 Å². The van der Waals surface area contributed by atoms with E-state index in [1.165, 1.54) is 12.8 Å². The predicted molar refractivity (Wildman–Crippen MR) is 100 cm³/mol. The molecule has 1 amide bonds. The average Bonchev–Trinajstić information content (AvgIpc) is 3.44. The van der Waals surface area contributed by atoms with Gasteiger partial charge in [-0.05, 0) is 60.4 Å². The Morgan fingerprint density at radius 2 is 1.93 bits per heavy atom. The number of hydrogen-bond donors (Lipinski definition) is 0. The fourth-order valence-electron chi connectivity index (χ4n) is 4.54. The van der Waals surface area contributed by atoms with Crippen molar-refractivity contribution in [2.75, 3.05) is 13.3 Å². The van der Waals surface area contributed by atoms with E-state index in [2.05, 4.69) is 17.1 Å². The van der Waals surface area contributed by atoms with Crippen LogP contribution in [0, 0.1) is 17.8 Å². The molecule has 3 aliphatic rings. The van der Waals surface area contributed by atoms with Gasteiger partial charge in [-0.25, -0.2) is 0 Å². The minimum Gasteiger partial charge on any atom is -0.454 e.